The summed E-state index contributed by atoms with van der Waals surface area (Å²) in [5.74, 6) is -2.06. The lowest BCUT2D eigenvalue weighted by atomic mass is 10.4. The van der Waals surface area contributed by atoms with Crippen LogP contribution in [0.5, 0.6) is 0 Å². The molecule has 0 aliphatic carbocycles. The third-order valence-corrected chi connectivity index (χ3v) is 2.85. The van der Waals surface area contributed by atoms with Crippen molar-refractivity contribution < 1.29 is 27.9 Å². The number of carbonyl (C=O) groups is 2. The second kappa shape index (κ2) is 4.74. The number of hydrogen-bond donors (Lipinski definition) is 1. The highest BCUT2D eigenvalue weighted by Gasteiger charge is 2.31. The minimum Gasteiger partial charge on any atom is -0.477 e. The zero-order valence-corrected chi connectivity index (χ0v) is 9.43. The molecule has 0 unspecified atom stereocenters. The Hall–Kier alpha value is -1.57. The second-order valence-corrected chi connectivity index (χ2v) is 4.33. The summed E-state index contributed by atoms with van der Waals surface area (Å²) in [6.07, 6.45) is -4.47. The summed E-state index contributed by atoms with van der Waals surface area (Å²) >= 11 is 0.645. The Labute approximate surface area is 98.3 Å². The van der Waals surface area contributed by atoms with Crippen molar-refractivity contribution in [2.45, 2.75) is 6.18 Å². The lowest BCUT2D eigenvalue weighted by Crippen LogP contribution is -2.35. The van der Waals surface area contributed by atoms with Crippen LogP contribution in [0.15, 0.2) is 12.1 Å². The highest BCUT2D eigenvalue weighted by atomic mass is 32.1. The summed E-state index contributed by atoms with van der Waals surface area (Å²) in [7, 11) is 1.01. The molecule has 4 nitrogen and oxygen atoms in total. The zero-order chi connectivity index (χ0) is 13.2. The first-order valence-corrected chi connectivity index (χ1v) is 5.17. The van der Waals surface area contributed by atoms with E-state index in [0.717, 1.165) is 7.05 Å². The molecule has 0 aliphatic heterocycles. The number of amides is 1. The molecule has 0 saturated carbocycles. The summed E-state index contributed by atoms with van der Waals surface area (Å²) in [4.78, 5) is 22.4. The van der Waals surface area contributed by atoms with Gasteiger partial charge in [-0.2, -0.15) is 13.2 Å². The number of halogens is 3. The van der Waals surface area contributed by atoms with E-state index < -0.39 is 24.6 Å². The van der Waals surface area contributed by atoms with Crippen LogP contribution in [0, 0.1) is 0 Å². The number of thiophene rings is 1. The Balaban J connectivity index is 2.78. The number of rotatable bonds is 3. The smallest absolute Gasteiger partial charge is 0.406 e. The quantitative estimate of drug-likeness (QED) is 0.912. The summed E-state index contributed by atoms with van der Waals surface area (Å²) in [5, 5.41) is 8.61. The van der Waals surface area contributed by atoms with Crippen molar-refractivity contribution in [3.63, 3.8) is 0 Å². The summed E-state index contributed by atoms with van der Waals surface area (Å²) in [6, 6.07) is 2.38. The van der Waals surface area contributed by atoms with Gasteiger partial charge in [-0.05, 0) is 12.1 Å². The van der Waals surface area contributed by atoms with Crippen LogP contribution >= 0.6 is 11.3 Å². The van der Waals surface area contributed by atoms with Gasteiger partial charge in [0, 0.05) is 7.05 Å². The van der Waals surface area contributed by atoms with E-state index in [9.17, 15) is 22.8 Å². The fourth-order valence-corrected chi connectivity index (χ4v) is 1.94. The average Bonchev–Trinajstić information content (AvgIpc) is 2.62. The molecule has 94 valence electrons. The Morgan fingerprint density at radius 3 is 2.29 bits per heavy atom. The van der Waals surface area contributed by atoms with E-state index in [-0.39, 0.29) is 9.75 Å². The van der Waals surface area contributed by atoms with Crippen LogP contribution in [0.3, 0.4) is 0 Å². The monoisotopic (exact) mass is 267 g/mol. The third-order valence-electron chi connectivity index (χ3n) is 1.79. The summed E-state index contributed by atoms with van der Waals surface area (Å²) < 4.78 is 36.1. The molecule has 1 heterocycles. The van der Waals surface area contributed by atoms with Gasteiger partial charge >= 0.3 is 12.1 Å². The van der Waals surface area contributed by atoms with E-state index in [1.54, 1.807) is 0 Å². The number of carbonyl (C=O) groups excluding carboxylic acids is 1. The van der Waals surface area contributed by atoms with E-state index in [4.69, 9.17) is 5.11 Å². The van der Waals surface area contributed by atoms with Crippen molar-refractivity contribution in [2.75, 3.05) is 13.6 Å². The predicted octanol–water partition coefficient (Wildman–Crippen LogP) is 2.08. The summed E-state index contributed by atoms with van der Waals surface area (Å²) in [5.41, 5.74) is 0. The molecule has 0 saturated heterocycles. The summed E-state index contributed by atoms with van der Waals surface area (Å²) in [6.45, 7) is -1.37. The average molecular weight is 267 g/mol. The first-order valence-electron chi connectivity index (χ1n) is 4.36. The topological polar surface area (TPSA) is 57.6 Å². The van der Waals surface area contributed by atoms with Crippen LogP contribution in [-0.4, -0.2) is 41.7 Å². The molecule has 1 amide bonds. The number of nitrogens with zero attached hydrogens (tertiary/aromatic N) is 1. The lowest BCUT2D eigenvalue weighted by molar-refractivity contribution is -0.138. The Morgan fingerprint density at radius 2 is 1.88 bits per heavy atom. The molecule has 0 fully saturated rings. The largest absolute Gasteiger partial charge is 0.477 e. The highest BCUT2D eigenvalue weighted by Crippen LogP contribution is 2.21. The number of aromatic carboxylic acids is 1. The van der Waals surface area contributed by atoms with Gasteiger partial charge < -0.3 is 10.0 Å². The molecule has 1 N–H and O–H groups in total. The molecule has 1 aromatic heterocycles. The molecule has 1 rings (SSSR count). The van der Waals surface area contributed by atoms with Crippen LogP contribution in [0.25, 0.3) is 0 Å². The van der Waals surface area contributed by atoms with E-state index in [0.29, 0.717) is 16.2 Å². The molecule has 0 aromatic carbocycles. The van der Waals surface area contributed by atoms with E-state index in [1.807, 2.05) is 0 Å². The molecule has 8 heteroatoms. The second-order valence-electron chi connectivity index (χ2n) is 3.25. The number of carboxylic acids is 1. The van der Waals surface area contributed by atoms with Gasteiger partial charge in [0.1, 0.15) is 11.4 Å². The van der Waals surface area contributed by atoms with Crippen molar-refractivity contribution in [3.05, 3.63) is 21.9 Å². The van der Waals surface area contributed by atoms with Crippen LogP contribution < -0.4 is 0 Å². The Bertz CT molecular complexity index is 441. The Morgan fingerprint density at radius 1 is 1.35 bits per heavy atom. The molecule has 17 heavy (non-hydrogen) atoms. The van der Waals surface area contributed by atoms with Crippen LogP contribution in [0.4, 0.5) is 13.2 Å². The number of hydrogen-bond acceptors (Lipinski definition) is 3. The van der Waals surface area contributed by atoms with Gasteiger partial charge in [0.15, 0.2) is 0 Å². The van der Waals surface area contributed by atoms with Gasteiger partial charge in [-0.25, -0.2) is 4.79 Å². The van der Waals surface area contributed by atoms with Crippen molar-refractivity contribution >= 4 is 23.2 Å². The fraction of sp³-hybridized carbons (Fsp3) is 0.333. The SMILES string of the molecule is CN(CC(F)(F)F)C(=O)c1ccc(C(=O)O)s1. The fourth-order valence-electron chi connectivity index (χ4n) is 1.10. The maximum atomic E-state index is 12.0. The minimum atomic E-state index is -4.47. The minimum absolute atomic E-state index is 0.0332. The molecular formula is C9H8F3NO3S. The van der Waals surface area contributed by atoms with Gasteiger partial charge in [-0.1, -0.05) is 0 Å². The highest BCUT2D eigenvalue weighted by molar-refractivity contribution is 7.15. The molecule has 0 atom stereocenters. The number of alkyl halides is 3. The standard InChI is InChI=1S/C9H8F3NO3S/c1-13(4-9(10,11)12)7(14)5-2-3-6(17-5)8(15)16/h2-3H,4H2,1H3,(H,15,16). The van der Waals surface area contributed by atoms with Crippen LogP contribution in [0.2, 0.25) is 0 Å². The first kappa shape index (κ1) is 13.5. The maximum Gasteiger partial charge on any atom is 0.406 e. The van der Waals surface area contributed by atoms with Crippen LogP contribution in [0.1, 0.15) is 19.3 Å². The van der Waals surface area contributed by atoms with Crippen LogP contribution in [-0.2, 0) is 0 Å². The molecule has 0 aliphatic rings. The number of carboxylic acid groups (broad SMARTS) is 1. The first-order chi connectivity index (χ1) is 7.70. The van der Waals surface area contributed by atoms with Gasteiger partial charge in [-0.15, -0.1) is 11.3 Å². The lowest BCUT2D eigenvalue weighted by Gasteiger charge is -2.17. The van der Waals surface area contributed by atoms with E-state index >= 15 is 0 Å². The molecule has 0 bridgehead atoms. The van der Waals surface area contributed by atoms with Crippen molar-refractivity contribution in [3.8, 4) is 0 Å². The molecule has 0 spiro atoms. The molecule has 0 radical (unpaired) electrons. The van der Waals surface area contributed by atoms with Gasteiger partial charge in [0.2, 0.25) is 0 Å². The van der Waals surface area contributed by atoms with E-state index in [1.165, 1.54) is 12.1 Å². The van der Waals surface area contributed by atoms with Gasteiger partial charge in [0.05, 0.1) is 4.88 Å². The zero-order valence-electron chi connectivity index (χ0n) is 8.61. The van der Waals surface area contributed by atoms with Gasteiger partial charge in [0.25, 0.3) is 5.91 Å². The normalized spacial score (nSPS) is 11.3. The van der Waals surface area contributed by atoms with E-state index in [2.05, 4.69) is 0 Å². The molecular weight excluding hydrogens is 259 g/mol. The maximum absolute atomic E-state index is 12.0. The van der Waals surface area contributed by atoms with Crippen molar-refractivity contribution in [1.29, 1.82) is 0 Å². The molecule has 1 aromatic rings. The van der Waals surface area contributed by atoms with Gasteiger partial charge in [-0.3, -0.25) is 4.79 Å². The predicted molar refractivity (Wildman–Crippen MR) is 54.3 cm³/mol. The van der Waals surface area contributed by atoms with Crippen molar-refractivity contribution in [1.82, 2.24) is 4.90 Å². The van der Waals surface area contributed by atoms with Crippen molar-refractivity contribution in [2.24, 2.45) is 0 Å². The Kier molecular flexibility index (Phi) is 3.76. The third kappa shape index (κ3) is 3.74.